The molecule has 0 aliphatic carbocycles. The molecule has 0 aliphatic heterocycles. The van der Waals surface area contributed by atoms with Crippen LogP contribution in [-0.2, 0) is 11.2 Å². The Labute approximate surface area is 154 Å². The molecule has 26 heavy (non-hydrogen) atoms. The first-order valence-electron chi connectivity index (χ1n) is 8.81. The summed E-state index contributed by atoms with van der Waals surface area (Å²) in [6, 6.07) is 6.51. The molecule has 6 nitrogen and oxygen atoms in total. The summed E-state index contributed by atoms with van der Waals surface area (Å²) in [6.07, 6.45) is 0.890. The summed E-state index contributed by atoms with van der Waals surface area (Å²) in [6.45, 7) is 10.1. The molecule has 1 aromatic heterocycles. The van der Waals surface area contributed by atoms with Crippen molar-refractivity contribution in [3.63, 3.8) is 0 Å². The van der Waals surface area contributed by atoms with Crippen molar-refractivity contribution in [2.75, 3.05) is 13.2 Å². The molecule has 1 aromatic carbocycles. The molecule has 0 bridgehead atoms. The second-order valence-electron chi connectivity index (χ2n) is 6.59. The Kier molecular flexibility index (Phi) is 6.55. The van der Waals surface area contributed by atoms with Crippen molar-refractivity contribution in [3.05, 3.63) is 46.8 Å². The van der Waals surface area contributed by atoms with Gasteiger partial charge in [0.2, 0.25) is 0 Å². The summed E-state index contributed by atoms with van der Waals surface area (Å²) < 4.78 is 11.9. The maximum absolute atomic E-state index is 12.5. The molecule has 1 heterocycles. The van der Waals surface area contributed by atoms with Gasteiger partial charge < -0.3 is 9.47 Å². The lowest BCUT2D eigenvalue weighted by Gasteiger charge is -2.08. The first-order chi connectivity index (χ1) is 12.3. The molecule has 0 N–H and O–H groups in total. The minimum absolute atomic E-state index is 0.123. The fourth-order valence-corrected chi connectivity index (χ4v) is 2.73. The van der Waals surface area contributed by atoms with Gasteiger partial charge in [0.1, 0.15) is 5.75 Å². The smallest absolute Gasteiger partial charge is 0.338 e. The second kappa shape index (κ2) is 8.65. The van der Waals surface area contributed by atoms with Gasteiger partial charge in [0, 0.05) is 5.69 Å². The molecule has 2 aromatic rings. The van der Waals surface area contributed by atoms with E-state index in [-0.39, 0.29) is 18.5 Å². The number of benzene rings is 1. The topological polar surface area (TPSA) is 70.4 Å². The highest BCUT2D eigenvalue weighted by Gasteiger charge is 2.17. The molecule has 140 valence electrons. The molecule has 0 fully saturated rings. The van der Waals surface area contributed by atoms with Gasteiger partial charge in [-0.3, -0.25) is 4.79 Å². The van der Waals surface area contributed by atoms with E-state index in [1.165, 1.54) is 4.68 Å². The fraction of sp³-hybridized carbons (Fsp3) is 0.450. The Balaban J connectivity index is 2.02. The highest BCUT2D eigenvalue weighted by molar-refractivity contribution is 5.89. The van der Waals surface area contributed by atoms with Crippen molar-refractivity contribution in [1.82, 2.24) is 9.78 Å². The van der Waals surface area contributed by atoms with E-state index in [0.29, 0.717) is 23.8 Å². The number of aryl methyl sites for hydroxylation is 1. The van der Waals surface area contributed by atoms with Crippen LogP contribution < -0.4 is 4.74 Å². The van der Waals surface area contributed by atoms with Crippen molar-refractivity contribution < 1.29 is 19.1 Å². The van der Waals surface area contributed by atoms with Crippen LogP contribution in [0.2, 0.25) is 0 Å². The van der Waals surface area contributed by atoms with Crippen molar-refractivity contribution in [3.8, 4) is 5.75 Å². The van der Waals surface area contributed by atoms with Crippen LogP contribution in [0.5, 0.6) is 5.75 Å². The van der Waals surface area contributed by atoms with Crippen molar-refractivity contribution in [1.29, 1.82) is 0 Å². The molecule has 0 saturated carbocycles. The zero-order chi connectivity index (χ0) is 19.3. The highest BCUT2D eigenvalue weighted by atomic mass is 16.5. The Hall–Kier alpha value is -2.63. The number of rotatable bonds is 7. The quantitative estimate of drug-likeness (QED) is 0.707. The summed E-state index contributed by atoms with van der Waals surface area (Å²) in [5.74, 6) is 0.398. The summed E-state index contributed by atoms with van der Waals surface area (Å²) in [5, 5.41) is 4.36. The van der Waals surface area contributed by atoms with Crippen LogP contribution in [0.4, 0.5) is 0 Å². The SMILES string of the molecule is CCOC(=O)c1ccc(OCC(=O)n2nc(C)c(CC(C)C)c2C)cc1. The lowest BCUT2D eigenvalue weighted by molar-refractivity contribution is 0.0526. The summed E-state index contributed by atoms with van der Waals surface area (Å²) in [7, 11) is 0. The van der Waals surface area contributed by atoms with Gasteiger partial charge in [0.05, 0.1) is 17.9 Å². The summed E-state index contributed by atoms with van der Waals surface area (Å²) in [4.78, 5) is 24.1. The van der Waals surface area contributed by atoms with Crippen molar-refractivity contribution in [2.45, 2.75) is 41.0 Å². The minimum Gasteiger partial charge on any atom is -0.484 e. The van der Waals surface area contributed by atoms with E-state index in [4.69, 9.17) is 9.47 Å². The van der Waals surface area contributed by atoms with E-state index in [9.17, 15) is 9.59 Å². The standard InChI is InChI=1S/C20H26N2O4/c1-6-25-20(24)16-7-9-17(10-8-16)26-12-19(23)22-15(5)18(11-13(2)3)14(4)21-22/h7-10,13H,6,11-12H2,1-5H3. The minimum atomic E-state index is -0.379. The van der Waals surface area contributed by atoms with Crippen LogP contribution in [0.15, 0.2) is 24.3 Å². The van der Waals surface area contributed by atoms with Gasteiger partial charge in [-0.25, -0.2) is 9.48 Å². The molecule has 0 amide bonds. The predicted octanol–water partition coefficient (Wildman–Crippen LogP) is 3.59. The lowest BCUT2D eigenvalue weighted by atomic mass is 10.0. The lowest BCUT2D eigenvalue weighted by Crippen LogP contribution is -2.22. The number of carbonyl (C=O) groups is 2. The normalized spacial score (nSPS) is 10.8. The average molecular weight is 358 g/mol. The molecule has 0 aliphatic rings. The van der Waals surface area contributed by atoms with Crippen LogP contribution in [-0.4, -0.2) is 34.9 Å². The second-order valence-corrected chi connectivity index (χ2v) is 6.59. The van der Waals surface area contributed by atoms with Crippen molar-refractivity contribution in [2.24, 2.45) is 5.92 Å². The first kappa shape index (κ1) is 19.7. The van der Waals surface area contributed by atoms with Crippen LogP contribution in [0.3, 0.4) is 0 Å². The molecule has 6 heteroatoms. The summed E-state index contributed by atoms with van der Waals surface area (Å²) in [5.41, 5.74) is 3.31. The van der Waals surface area contributed by atoms with Gasteiger partial charge in [-0.1, -0.05) is 13.8 Å². The maximum Gasteiger partial charge on any atom is 0.338 e. The van der Waals surface area contributed by atoms with Crippen LogP contribution >= 0.6 is 0 Å². The third-order valence-electron chi connectivity index (χ3n) is 4.02. The van der Waals surface area contributed by atoms with Crippen LogP contribution in [0.1, 0.15) is 52.9 Å². The first-order valence-corrected chi connectivity index (χ1v) is 8.81. The number of esters is 1. The Bertz CT molecular complexity index is 776. The van der Waals surface area contributed by atoms with E-state index in [2.05, 4.69) is 18.9 Å². The van der Waals surface area contributed by atoms with E-state index in [0.717, 1.165) is 23.4 Å². The number of carbonyl (C=O) groups excluding carboxylic acids is 2. The van der Waals surface area contributed by atoms with Crippen LogP contribution in [0.25, 0.3) is 0 Å². The molecule has 0 unspecified atom stereocenters. The molecule has 0 saturated heterocycles. The largest absolute Gasteiger partial charge is 0.484 e. The van der Waals surface area contributed by atoms with E-state index in [1.54, 1.807) is 31.2 Å². The Morgan fingerprint density at radius 2 is 1.81 bits per heavy atom. The van der Waals surface area contributed by atoms with Gasteiger partial charge >= 0.3 is 5.97 Å². The van der Waals surface area contributed by atoms with E-state index < -0.39 is 0 Å². The monoisotopic (exact) mass is 358 g/mol. The van der Waals surface area contributed by atoms with Gasteiger partial charge in [-0.05, 0) is 62.9 Å². The predicted molar refractivity (Wildman–Crippen MR) is 98.8 cm³/mol. The van der Waals surface area contributed by atoms with Gasteiger partial charge in [0.15, 0.2) is 6.61 Å². The van der Waals surface area contributed by atoms with Gasteiger partial charge in [-0.2, -0.15) is 5.10 Å². The molecular formula is C20H26N2O4. The van der Waals surface area contributed by atoms with Crippen LogP contribution in [0, 0.1) is 19.8 Å². The molecule has 0 atom stereocenters. The third kappa shape index (κ3) is 4.71. The number of ether oxygens (including phenoxy) is 2. The molecule has 0 radical (unpaired) electrons. The zero-order valence-corrected chi connectivity index (χ0v) is 16.0. The van der Waals surface area contributed by atoms with Crippen molar-refractivity contribution >= 4 is 11.9 Å². The Morgan fingerprint density at radius 3 is 2.38 bits per heavy atom. The van der Waals surface area contributed by atoms with Gasteiger partial charge in [-0.15, -0.1) is 0 Å². The number of hydrogen-bond acceptors (Lipinski definition) is 5. The highest BCUT2D eigenvalue weighted by Crippen LogP contribution is 2.18. The number of aromatic nitrogens is 2. The van der Waals surface area contributed by atoms with E-state index in [1.807, 2.05) is 13.8 Å². The van der Waals surface area contributed by atoms with Gasteiger partial charge in [0.25, 0.3) is 5.91 Å². The number of nitrogens with zero attached hydrogens (tertiary/aromatic N) is 2. The zero-order valence-electron chi connectivity index (χ0n) is 16.0. The van der Waals surface area contributed by atoms with E-state index >= 15 is 0 Å². The molecular weight excluding hydrogens is 332 g/mol. The Morgan fingerprint density at radius 1 is 1.15 bits per heavy atom. The maximum atomic E-state index is 12.5. The average Bonchev–Trinajstić information content (AvgIpc) is 2.88. The summed E-state index contributed by atoms with van der Waals surface area (Å²) >= 11 is 0. The molecule has 0 spiro atoms. The molecule has 2 rings (SSSR count). The number of hydrogen-bond donors (Lipinski definition) is 0. The fourth-order valence-electron chi connectivity index (χ4n) is 2.73. The third-order valence-corrected chi connectivity index (χ3v) is 4.02.